The van der Waals surface area contributed by atoms with Crippen molar-refractivity contribution in [3.8, 4) is 0 Å². The van der Waals surface area contributed by atoms with E-state index in [0.29, 0.717) is 23.4 Å². The molecule has 1 unspecified atom stereocenters. The lowest BCUT2D eigenvalue weighted by Gasteiger charge is -2.28. The van der Waals surface area contributed by atoms with Gasteiger partial charge in [0.05, 0.1) is 33.9 Å². The van der Waals surface area contributed by atoms with Gasteiger partial charge in [-0.05, 0) is 66.3 Å². The smallest absolute Gasteiger partial charge is 0.333 e. The second kappa shape index (κ2) is 7.31. The Labute approximate surface area is 189 Å². The van der Waals surface area contributed by atoms with Crippen molar-refractivity contribution < 1.29 is 9.90 Å². The average Bonchev–Trinajstić information content (AvgIpc) is 3.59. The first-order valence-corrected chi connectivity index (χ1v) is 10.7. The third-order valence-corrected chi connectivity index (χ3v) is 6.08. The highest BCUT2D eigenvalue weighted by molar-refractivity contribution is 6.20. The van der Waals surface area contributed by atoms with Crippen LogP contribution in [0.5, 0.6) is 0 Å². The zero-order valence-electron chi connectivity index (χ0n) is 17.6. The monoisotopic (exact) mass is 432 g/mol. The molecule has 4 aliphatic heterocycles. The molecule has 0 saturated carbocycles. The van der Waals surface area contributed by atoms with E-state index in [-0.39, 0.29) is 0 Å². The van der Waals surface area contributed by atoms with Crippen LogP contribution in [0.1, 0.15) is 12.0 Å². The van der Waals surface area contributed by atoms with Crippen molar-refractivity contribution in [1.29, 1.82) is 0 Å². The van der Waals surface area contributed by atoms with E-state index in [0.717, 1.165) is 33.4 Å². The number of hydrogen-bond donors (Lipinski definition) is 3. The van der Waals surface area contributed by atoms with Crippen LogP contribution in [0, 0.1) is 0 Å². The summed E-state index contributed by atoms with van der Waals surface area (Å²) in [5.41, 5.74) is 4.22. The van der Waals surface area contributed by atoms with E-state index >= 15 is 0 Å². The summed E-state index contributed by atoms with van der Waals surface area (Å²) in [6.45, 7) is 0. The normalized spacial score (nSPS) is 22.7. The van der Waals surface area contributed by atoms with E-state index in [9.17, 15) is 9.90 Å². The van der Waals surface area contributed by atoms with Gasteiger partial charge >= 0.3 is 5.97 Å². The molecule has 6 rings (SSSR count). The Bertz CT molecular complexity index is 1530. The van der Waals surface area contributed by atoms with Crippen LogP contribution in [-0.4, -0.2) is 27.5 Å². The Hall–Kier alpha value is -4.45. The quantitative estimate of drug-likeness (QED) is 0.682. The second-order valence-electron chi connectivity index (χ2n) is 8.37. The summed E-state index contributed by atoms with van der Waals surface area (Å²) in [6, 6.07) is 13.9. The number of aromatic nitrogens is 1. The number of benzene rings is 1. The van der Waals surface area contributed by atoms with Crippen LogP contribution in [0.4, 0.5) is 0 Å². The van der Waals surface area contributed by atoms with Gasteiger partial charge in [-0.2, -0.15) is 0 Å². The molecule has 0 fully saturated rings. The van der Waals surface area contributed by atoms with E-state index in [1.165, 1.54) is 0 Å². The van der Waals surface area contributed by atoms with Crippen LogP contribution >= 0.6 is 0 Å². The fraction of sp³-hybridized carbons (Fsp3) is 0.0741. The van der Waals surface area contributed by atoms with Gasteiger partial charge in [-0.3, -0.25) is 0 Å². The summed E-state index contributed by atoms with van der Waals surface area (Å²) >= 11 is 0. The number of aliphatic carboxylic acids is 1. The molecule has 2 aromatic rings. The zero-order valence-corrected chi connectivity index (χ0v) is 17.6. The molecule has 1 aromatic heterocycles. The molecule has 33 heavy (non-hydrogen) atoms. The summed E-state index contributed by atoms with van der Waals surface area (Å²) in [5.74, 6) is -0.945. The third-order valence-electron chi connectivity index (χ3n) is 6.08. The van der Waals surface area contributed by atoms with Gasteiger partial charge in [0, 0.05) is 22.8 Å². The maximum Gasteiger partial charge on any atom is 0.333 e. The number of fused-ring (bicyclic) bond motifs is 6. The summed E-state index contributed by atoms with van der Waals surface area (Å²) in [7, 11) is 0. The third kappa shape index (κ3) is 3.51. The molecule has 5 heterocycles. The zero-order chi connectivity index (χ0) is 22.4. The Morgan fingerprint density at radius 2 is 1.52 bits per heavy atom. The first-order chi connectivity index (χ1) is 16.1. The molecule has 0 spiro atoms. The SMILES string of the molecule is O=C(O)C1=C2C=C3C=CC(=N3)C=c3ccc([nH]3)=CC3=NC(=CC(c4ccccc4)(C1)N2)C=C3. The highest BCUT2D eigenvalue weighted by atomic mass is 16.4. The molecule has 3 N–H and O–H groups in total. The highest BCUT2D eigenvalue weighted by Gasteiger charge is 2.40. The molecule has 1 aromatic carbocycles. The van der Waals surface area contributed by atoms with E-state index in [1.807, 2.05) is 91.1 Å². The minimum atomic E-state index is -0.945. The summed E-state index contributed by atoms with van der Waals surface area (Å²) in [4.78, 5) is 25.0. The minimum absolute atomic E-state index is 0.295. The lowest BCUT2D eigenvalue weighted by Crippen LogP contribution is -2.35. The van der Waals surface area contributed by atoms with Crippen molar-refractivity contribution in [3.63, 3.8) is 0 Å². The molecule has 0 aliphatic carbocycles. The minimum Gasteiger partial charge on any atom is -0.478 e. The Morgan fingerprint density at radius 3 is 2.21 bits per heavy atom. The standard InChI is InChI=1S/C27H20N4O2/c32-26(33)24-16-27(17-4-2-1-3-5-17)15-23-11-10-21(30-23)13-19-7-6-18(28-19)12-20-8-9-22(29-20)14-25(24)31-27/h1-15,28,31H,16H2,(H,32,33). The van der Waals surface area contributed by atoms with Crippen molar-refractivity contribution in [2.24, 2.45) is 9.98 Å². The number of allylic oxidation sites excluding steroid dienone is 5. The summed E-state index contributed by atoms with van der Waals surface area (Å²) in [6.07, 6.45) is 15.8. The van der Waals surface area contributed by atoms with Crippen molar-refractivity contribution >= 4 is 29.5 Å². The number of carboxylic acids is 1. The van der Waals surface area contributed by atoms with Crippen LogP contribution in [0.15, 0.2) is 112 Å². The van der Waals surface area contributed by atoms with Crippen LogP contribution in [0.25, 0.3) is 12.2 Å². The van der Waals surface area contributed by atoms with Crippen molar-refractivity contribution in [2.45, 2.75) is 12.0 Å². The summed E-state index contributed by atoms with van der Waals surface area (Å²) < 4.78 is 0. The number of hydrogen-bond acceptors (Lipinski definition) is 4. The fourth-order valence-electron chi connectivity index (χ4n) is 4.56. The largest absolute Gasteiger partial charge is 0.478 e. The molecule has 160 valence electrons. The predicted octanol–water partition coefficient (Wildman–Crippen LogP) is 2.61. The van der Waals surface area contributed by atoms with Gasteiger partial charge in [0.1, 0.15) is 0 Å². The molecule has 1 atom stereocenters. The maximum absolute atomic E-state index is 12.2. The number of rotatable bonds is 2. The molecular weight excluding hydrogens is 412 g/mol. The molecule has 0 radical (unpaired) electrons. The Balaban J connectivity index is 1.59. The van der Waals surface area contributed by atoms with Gasteiger partial charge in [-0.25, -0.2) is 14.8 Å². The number of aromatic amines is 1. The molecule has 0 amide bonds. The molecule has 0 saturated heterocycles. The van der Waals surface area contributed by atoms with Crippen molar-refractivity contribution in [3.05, 3.63) is 118 Å². The first kappa shape index (κ1) is 19.3. The highest BCUT2D eigenvalue weighted by Crippen LogP contribution is 2.40. The Morgan fingerprint density at radius 1 is 0.848 bits per heavy atom. The van der Waals surface area contributed by atoms with E-state index in [4.69, 9.17) is 4.99 Å². The van der Waals surface area contributed by atoms with E-state index in [1.54, 1.807) is 0 Å². The van der Waals surface area contributed by atoms with E-state index < -0.39 is 11.5 Å². The van der Waals surface area contributed by atoms with Gasteiger partial charge in [0.15, 0.2) is 0 Å². The van der Waals surface area contributed by atoms with Crippen molar-refractivity contribution in [1.82, 2.24) is 10.3 Å². The number of carbonyl (C=O) groups is 1. The predicted molar refractivity (Wildman–Crippen MR) is 129 cm³/mol. The van der Waals surface area contributed by atoms with Gasteiger partial charge in [-0.15, -0.1) is 0 Å². The van der Waals surface area contributed by atoms with Gasteiger partial charge in [0.25, 0.3) is 0 Å². The number of aliphatic imine (C=N–C) groups is 2. The lowest BCUT2D eigenvalue weighted by atomic mass is 9.85. The number of nitrogens with one attached hydrogen (secondary N) is 2. The molecule has 4 aliphatic rings. The fourth-order valence-corrected chi connectivity index (χ4v) is 4.56. The number of nitrogens with zero attached hydrogens (tertiary/aromatic N) is 2. The summed E-state index contributed by atoms with van der Waals surface area (Å²) in [5, 5.41) is 15.4. The van der Waals surface area contributed by atoms with Crippen molar-refractivity contribution in [2.75, 3.05) is 0 Å². The Kier molecular flexibility index (Phi) is 4.26. The van der Waals surface area contributed by atoms with Crippen LogP contribution in [-0.2, 0) is 10.3 Å². The van der Waals surface area contributed by atoms with Gasteiger partial charge in [0.2, 0.25) is 0 Å². The molecular formula is C27H20N4O2. The molecule has 6 nitrogen and oxygen atoms in total. The van der Waals surface area contributed by atoms with Crippen LogP contribution < -0.4 is 16.0 Å². The van der Waals surface area contributed by atoms with Crippen LogP contribution in [0.3, 0.4) is 0 Å². The van der Waals surface area contributed by atoms with Gasteiger partial charge in [-0.1, -0.05) is 30.3 Å². The average molecular weight is 432 g/mol. The lowest BCUT2D eigenvalue weighted by molar-refractivity contribution is -0.132. The molecule has 6 heteroatoms. The number of H-pyrrole nitrogens is 1. The topological polar surface area (TPSA) is 89.8 Å². The van der Waals surface area contributed by atoms with E-state index in [2.05, 4.69) is 15.3 Å². The maximum atomic E-state index is 12.2. The van der Waals surface area contributed by atoms with Crippen LogP contribution in [0.2, 0.25) is 0 Å². The second-order valence-corrected chi connectivity index (χ2v) is 8.37. The first-order valence-electron chi connectivity index (χ1n) is 10.7. The van der Waals surface area contributed by atoms with Gasteiger partial charge < -0.3 is 15.4 Å². The molecule has 8 bridgehead atoms. The number of carboxylic acid groups (broad SMARTS) is 1.